The van der Waals surface area contributed by atoms with Gasteiger partial charge in [-0.05, 0) is 38.4 Å². The molecular weight excluding hydrogens is 434 g/mol. The Morgan fingerprint density at radius 3 is 2.76 bits per heavy atom. The highest BCUT2D eigenvalue weighted by atomic mass is 35.5. The van der Waals surface area contributed by atoms with E-state index in [1.165, 1.54) is 35.9 Å². The minimum Gasteiger partial charge on any atom is -0.378 e. The molecule has 0 unspecified atom stereocenters. The number of amides is 3. The predicted octanol–water partition coefficient (Wildman–Crippen LogP) is 3.81. The number of halogens is 1. The molecule has 1 saturated carbocycles. The molecule has 1 aliphatic heterocycles. The van der Waals surface area contributed by atoms with Gasteiger partial charge < -0.3 is 9.64 Å². The lowest BCUT2D eigenvalue weighted by molar-refractivity contribution is 0.0306. The zero-order chi connectivity index (χ0) is 20.8. The van der Waals surface area contributed by atoms with Crippen LogP contribution >= 0.6 is 34.7 Å². The SMILES string of the molecule is CS/C(=N\N=C\CC1CC1)NC(=O)Nc1sc(C(=O)N2CCOCC2)c(Cl)c1C. The van der Waals surface area contributed by atoms with E-state index >= 15 is 0 Å². The first-order chi connectivity index (χ1) is 14.0. The fraction of sp³-hybridized carbons (Fsp3) is 0.556. The number of nitrogens with one attached hydrogen (secondary N) is 2. The van der Waals surface area contributed by atoms with Gasteiger partial charge in [-0.25, -0.2) is 4.79 Å². The third-order valence-electron chi connectivity index (χ3n) is 4.57. The van der Waals surface area contributed by atoms with Gasteiger partial charge in [0.15, 0.2) is 5.17 Å². The summed E-state index contributed by atoms with van der Waals surface area (Å²) >= 11 is 8.83. The van der Waals surface area contributed by atoms with Crippen molar-refractivity contribution in [3.05, 3.63) is 15.5 Å². The summed E-state index contributed by atoms with van der Waals surface area (Å²) in [7, 11) is 0. The molecule has 0 radical (unpaired) electrons. The van der Waals surface area contributed by atoms with Crippen molar-refractivity contribution in [3.63, 3.8) is 0 Å². The van der Waals surface area contributed by atoms with Crippen molar-refractivity contribution < 1.29 is 14.3 Å². The van der Waals surface area contributed by atoms with Gasteiger partial charge in [-0.1, -0.05) is 23.4 Å². The largest absolute Gasteiger partial charge is 0.378 e. The molecule has 8 nitrogen and oxygen atoms in total. The summed E-state index contributed by atoms with van der Waals surface area (Å²) in [5.41, 5.74) is 0.661. The zero-order valence-corrected chi connectivity index (χ0v) is 18.8. The Morgan fingerprint density at radius 2 is 2.10 bits per heavy atom. The second-order valence-corrected chi connectivity index (χ2v) is 8.96. The van der Waals surface area contributed by atoms with Crippen molar-refractivity contribution in [3.8, 4) is 0 Å². The average Bonchev–Trinajstić information content (AvgIpc) is 3.52. The Balaban J connectivity index is 1.61. The number of thioether (sulfide) groups is 1. The molecule has 1 aliphatic carbocycles. The molecule has 2 aliphatic rings. The lowest BCUT2D eigenvalue weighted by Gasteiger charge is -2.26. The molecule has 11 heteroatoms. The van der Waals surface area contributed by atoms with Gasteiger partial charge in [0.25, 0.3) is 5.91 Å². The normalized spacial score (nSPS) is 17.6. The Hall–Kier alpha value is -1.62. The summed E-state index contributed by atoms with van der Waals surface area (Å²) in [4.78, 5) is 27.2. The second kappa shape index (κ2) is 10.4. The summed E-state index contributed by atoms with van der Waals surface area (Å²) < 4.78 is 5.28. The monoisotopic (exact) mass is 457 g/mol. The number of nitrogens with zero attached hydrogens (tertiary/aromatic N) is 3. The fourth-order valence-corrected chi connectivity index (χ4v) is 4.38. The van der Waals surface area contributed by atoms with Crippen LogP contribution < -0.4 is 10.6 Å². The molecule has 0 bridgehead atoms. The average molecular weight is 458 g/mol. The minimum atomic E-state index is -0.457. The van der Waals surface area contributed by atoms with Crippen LogP contribution in [0.5, 0.6) is 0 Å². The fourth-order valence-electron chi connectivity index (χ4n) is 2.65. The first-order valence-electron chi connectivity index (χ1n) is 9.37. The van der Waals surface area contributed by atoms with E-state index in [0.717, 1.165) is 12.3 Å². The lowest BCUT2D eigenvalue weighted by atomic mass is 10.3. The van der Waals surface area contributed by atoms with Crippen molar-refractivity contribution >= 4 is 63.0 Å². The molecule has 0 spiro atoms. The van der Waals surface area contributed by atoms with Crippen LogP contribution in [0, 0.1) is 12.8 Å². The van der Waals surface area contributed by atoms with Crippen molar-refractivity contribution in [2.24, 2.45) is 16.1 Å². The first kappa shape index (κ1) is 22.1. The quantitative estimate of drug-likeness (QED) is 0.399. The zero-order valence-electron chi connectivity index (χ0n) is 16.4. The smallest absolute Gasteiger partial charge is 0.325 e. The number of amidine groups is 1. The maximum Gasteiger partial charge on any atom is 0.325 e. The maximum atomic E-state index is 12.7. The Labute approximate surface area is 183 Å². The number of urea groups is 1. The summed E-state index contributed by atoms with van der Waals surface area (Å²) in [5.74, 6) is 0.597. The van der Waals surface area contributed by atoms with Gasteiger partial charge in [0.05, 0.1) is 18.2 Å². The van der Waals surface area contributed by atoms with Gasteiger partial charge >= 0.3 is 6.03 Å². The van der Waals surface area contributed by atoms with E-state index in [1.54, 1.807) is 18.0 Å². The molecule has 2 N–H and O–H groups in total. The van der Waals surface area contributed by atoms with E-state index < -0.39 is 6.03 Å². The van der Waals surface area contributed by atoms with Crippen molar-refractivity contribution in [1.29, 1.82) is 0 Å². The number of ether oxygens (including phenoxy) is 1. The summed E-state index contributed by atoms with van der Waals surface area (Å²) in [6.07, 6.45) is 7.02. The van der Waals surface area contributed by atoms with Crippen LogP contribution in [0.2, 0.25) is 5.02 Å². The van der Waals surface area contributed by atoms with Crippen molar-refractivity contribution in [2.45, 2.75) is 26.2 Å². The number of anilines is 1. The van der Waals surface area contributed by atoms with Gasteiger partial charge in [0.2, 0.25) is 0 Å². The molecule has 0 aromatic carbocycles. The number of rotatable bonds is 5. The molecule has 29 heavy (non-hydrogen) atoms. The van der Waals surface area contributed by atoms with Gasteiger partial charge in [-0.2, -0.15) is 5.10 Å². The number of hydrogen-bond donors (Lipinski definition) is 2. The molecule has 1 aromatic rings. The Bertz CT molecular complexity index is 817. The summed E-state index contributed by atoms with van der Waals surface area (Å²) in [6.45, 7) is 3.87. The van der Waals surface area contributed by atoms with E-state index in [2.05, 4.69) is 20.8 Å². The number of carbonyl (C=O) groups is 2. The number of thiophene rings is 1. The predicted molar refractivity (Wildman–Crippen MR) is 120 cm³/mol. The minimum absolute atomic E-state index is 0.142. The van der Waals surface area contributed by atoms with Gasteiger partial charge in [-0.15, -0.1) is 16.4 Å². The Morgan fingerprint density at radius 1 is 1.38 bits per heavy atom. The molecule has 1 saturated heterocycles. The van der Waals surface area contributed by atoms with Crippen molar-refractivity contribution in [2.75, 3.05) is 37.9 Å². The number of carbonyl (C=O) groups excluding carboxylic acids is 2. The van der Waals surface area contributed by atoms with Gasteiger partial charge in [-0.3, -0.25) is 15.4 Å². The van der Waals surface area contributed by atoms with E-state index in [4.69, 9.17) is 16.3 Å². The molecule has 3 amide bonds. The van der Waals surface area contributed by atoms with E-state index in [0.29, 0.717) is 51.9 Å². The maximum absolute atomic E-state index is 12.7. The highest BCUT2D eigenvalue weighted by Crippen LogP contribution is 2.37. The van der Waals surface area contributed by atoms with E-state index in [1.807, 2.05) is 6.26 Å². The van der Waals surface area contributed by atoms with Crippen LogP contribution in [0.3, 0.4) is 0 Å². The molecule has 3 rings (SSSR count). The topological polar surface area (TPSA) is 95.4 Å². The second-order valence-electron chi connectivity index (χ2n) is 6.77. The highest BCUT2D eigenvalue weighted by Gasteiger charge is 2.26. The van der Waals surface area contributed by atoms with E-state index in [-0.39, 0.29) is 5.91 Å². The third-order valence-corrected chi connectivity index (χ3v) is 6.92. The molecule has 0 atom stereocenters. The number of hydrogen-bond acceptors (Lipinski definition) is 7. The van der Waals surface area contributed by atoms with Crippen LogP contribution in [0.1, 0.15) is 34.5 Å². The summed E-state index contributed by atoms with van der Waals surface area (Å²) in [6, 6.07) is -0.457. The standard InChI is InChI=1S/C18H24ClN5O3S2/c1-11-13(19)14(16(25)24-7-9-27-10-8-24)29-15(11)21-17(26)22-18(28-2)23-20-6-5-12-3-4-12/h6,12H,3-5,7-10H2,1-2H3,(H2,21,22,23,26)/b20-6+. The van der Waals surface area contributed by atoms with Gasteiger partial charge in [0, 0.05) is 24.9 Å². The highest BCUT2D eigenvalue weighted by molar-refractivity contribution is 8.13. The molecule has 158 valence electrons. The van der Waals surface area contributed by atoms with Crippen LogP contribution in [0.25, 0.3) is 0 Å². The molecule has 2 fully saturated rings. The molecular formula is C18H24ClN5O3S2. The third kappa shape index (κ3) is 6.18. The van der Waals surface area contributed by atoms with Crippen LogP contribution in [-0.4, -0.2) is 60.8 Å². The number of morpholine rings is 1. The first-order valence-corrected chi connectivity index (χ1v) is 11.8. The van der Waals surface area contributed by atoms with Gasteiger partial charge in [0.1, 0.15) is 9.88 Å². The lowest BCUT2D eigenvalue weighted by Crippen LogP contribution is -2.40. The Kier molecular flexibility index (Phi) is 7.93. The molecule has 1 aromatic heterocycles. The summed E-state index contributed by atoms with van der Waals surface area (Å²) in [5, 5.41) is 14.8. The van der Waals surface area contributed by atoms with Crippen molar-refractivity contribution in [1.82, 2.24) is 10.2 Å². The van der Waals surface area contributed by atoms with Crippen LogP contribution in [0.4, 0.5) is 9.80 Å². The van der Waals surface area contributed by atoms with Crippen LogP contribution in [-0.2, 0) is 4.74 Å². The van der Waals surface area contributed by atoms with E-state index in [9.17, 15) is 9.59 Å². The van der Waals surface area contributed by atoms with Crippen LogP contribution in [0.15, 0.2) is 10.2 Å². The molecule has 2 heterocycles.